The molecule has 2 N–H and O–H groups in total. The second-order valence-electron chi connectivity index (χ2n) is 3.57. The van der Waals surface area contributed by atoms with Crippen LogP contribution in [0.2, 0.25) is 0 Å². The zero-order valence-corrected chi connectivity index (χ0v) is 9.14. The molecule has 2 atom stereocenters. The van der Waals surface area contributed by atoms with E-state index < -0.39 is 0 Å². The van der Waals surface area contributed by atoms with Crippen LogP contribution in [0.4, 0.5) is 0 Å². The van der Waals surface area contributed by atoms with E-state index in [2.05, 4.69) is 18.7 Å². The van der Waals surface area contributed by atoms with Gasteiger partial charge >= 0.3 is 0 Å². The van der Waals surface area contributed by atoms with Gasteiger partial charge in [0.1, 0.15) is 0 Å². The van der Waals surface area contributed by atoms with Crippen molar-refractivity contribution in [3.05, 3.63) is 0 Å². The summed E-state index contributed by atoms with van der Waals surface area (Å²) >= 11 is 2.01. The predicted octanol–water partition coefficient (Wildman–Crippen LogP) is 0.688. The van der Waals surface area contributed by atoms with Gasteiger partial charge in [0.15, 0.2) is 0 Å². The Hall–Kier alpha value is -0.220. The van der Waals surface area contributed by atoms with Gasteiger partial charge in [-0.15, -0.1) is 0 Å². The van der Waals surface area contributed by atoms with E-state index in [0.717, 1.165) is 13.1 Å². The largest absolute Gasteiger partial charge is 0.370 e. The first-order valence-corrected chi connectivity index (χ1v) is 5.80. The topological polar surface area (TPSA) is 46.3 Å². The zero-order chi connectivity index (χ0) is 9.84. The number of nitrogens with zero attached hydrogens (tertiary/aromatic N) is 1. The number of carbonyl (C=O) groups excluding carboxylic acids is 1. The third kappa shape index (κ3) is 3.19. The molecule has 1 saturated heterocycles. The molecule has 3 nitrogen and oxygen atoms in total. The summed E-state index contributed by atoms with van der Waals surface area (Å²) in [7, 11) is 0. The third-order valence-corrected chi connectivity index (χ3v) is 4.00. The third-order valence-electron chi connectivity index (χ3n) is 2.66. The Morgan fingerprint density at radius 3 is 2.92 bits per heavy atom. The maximum absolute atomic E-state index is 10.6. The normalized spacial score (nSPS) is 30.3. The highest BCUT2D eigenvalue weighted by Crippen LogP contribution is 2.23. The van der Waals surface area contributed by atoms with Gasteiger partial charge in [0.05, 0.1) is 0 Å². The monoisotopic (exact) mass is 202 g/mol. The van der Waals surface area contributed by atoms with Crippen molar-refractivity contribution in [2.75, 3.05) is 18.8 Å². The van der Waals surface area contributed by atoms with Crippen LogP contribution >= 0.6 is 11.8 Å². The Balaban J connectivity index is 2.35. The number of nitrogens with two attached hydrogens (primary N) is 1. The lowest BCUT2D eigenvalue weighted by Gasteiger charge is -2.37. The molecular weight excluding hydrogens is 184 g/mol. The molecule has 0 radical (unpaired) electrons. The Kier molecular flexibility index (Phi) is 4.06. The number of carbonyl (C=O) groups is 1. The molecule has 1 aliphatic heterocycles. The van der Waals surface area contributed by atoms with E-state index in [4.69, 9.17) is 5.73 Å². The first-order chi connectivity index (χ1) is 6.11. The fraction of sp³-hybridized carbons (Fsp3) is 0.889. The molecule has 1 rings (SSSR count). The van der Waals surface area contributed by atoms with Gasteiger partial charge in [0.2, 0.25) is 5.91 Å². The van der Waals surface area contributed by atoms with Gasteiger partial charge in [-0.3, -0.25) is 9.69 Å². The summed E-state index contributed by atoms with van der Waals surface area (Å²) in [5.41, 5.74) is 5.12. The number of primary amides is 1. The molecule has 0 aromatic rings. The lowest BCUT2D eigenvalue weighted by Crippen LogP contribution is -2.45. The van der Waals surface area contributed by atoms with Crippen molar-refractivity contribution in [2.24, 2.45) is 5.73 Å². The molecule has 1 amide bonds. The number of hydrogen-bond acceptors (Lipinski definition) is 3. The van der Waals surface area contributed by atoms with Gasteiger partial charge < -0.3 is 5.73 Å². The molecular formula is C9H18N2OS. The molecule has 0 bridgehead atoms. The average molecular weight is 202 g/mol. The second kappa shape index (κ2) is 4.86. The van der Waals surface area contributed by atoms with E-state index in [0.29, 0.717) is 17.7 Å². The van der Waals surface area contributed by atoms with Crippen molar-refractivity contribution < 1.29 is 4.79 Å². The first-order valence-electron chi connectivity index (χ1n) is 4.75. The quantitative estimate of drug-likeness (QED) is 0.732. The second-order valence-corrected chi connectivity index (χ2v) is 5.05. The highest BCUT2D eigenvalue weighted by molar-refractivity contribution is 8.00. The zero-order valence-electron chi connectivity index (χ0n) is 8.32. The maximum atomic E-state index is 10.6. The molecule has 0 spiro atoms. The smallest absolute Gasteiger partial charge is 0.218 e. The maximum Gasteiger partial charge on any atom is 0.218 e. The van der Waals surface area contributed by atoms with Gasteiger partial charge in [-0.25, -0.2) is 0 Å². The van der Waals surface area contributed by atoms with Crippen LogP contribution in [0.15, 0.2) is 0 Å². The summed E-state index contributed by atoms with van der Waals surface area (Å²) in [6.07, 6.45) is 0.488. The summed E-state index contributed by atoms with van der Waals surface area (Å²) in [6.45, 7) is 6.37. The number of rotatable bonds is 3. The van der Waals surface area contributed by atoms with Gasteiger partial charge in [-0.2, -0.15) is 11.8 Å². The lowest BCUT2D eigenvalue weighted by molar-refractivity contribution is -0.118. The standard InChI is InChI=1S/C9H18N2OS/c1-7-8(2)13-6-5-11(7)4-3-9(10)12/h7-8H,3-6H2,1-2H3,(H2,10,12). The van der Waals surface area contributed by atoms with Crippen molar-refractivity contribution in [1.82, 2.24) is 4.90 Å². The van der Waals surface area contributed by atoms with E-state index in [1.807, 2.05) is 11.8 Å². The van der Waals surface area contributed by atoms with Crippen molar-refractivity contribution in [3.8, 4) is 0 Å². The van der Waals surface area contributed by atoms with Gasteiger partial charge in [-0.05, 0) is 6.92 Å². The fourth-order valence-electron chi connectivity index (χ4n) is 1.56. The Bertz CT molecular complexity index is 186. The van der Waals surface area contributed by atoms with Gasteiger partial charge in [-0.1, -0.05) is 6.92 Å². The van der Waals surface area contributed by atoms with Crippen LogP contribution in [0.5, 0.6) is 0 Å². The summed E-state index contributed by atoms with van der Waals surface area (Å²) in [5.74, 6) is 0.975. The highest BCUT2D eigenvalue weighted by Gasteiger charge is 2.24. The first kappa shape index (κ1) is 10.9. The molecule has 0 aromatic carbocycles. The van der Waals surface area contributed by atoms with Crippen LogP contribution in [-0.4, -0.2) is 40.9 Å². The average Bonchev–Trinajstić information content (AvgIpc) is 2.07. The van der Waals surface area contributed by atoms with E-state index in [-0.39, 0.29) is 5.91 Å². The predicted molar refractivity (Wildman–Crippen MR) is 56.8 cm³/mol. The SMILES string of the molecule is CC1SCCN(CCC(N)=O)C1C. The van der Waals surface area contributed by atoms with Crippen molar-refractivity contribution >= 4 is 17.7 Å². The van der Waals surface area contributed by atoms with Crippen LogP contribution in [0.3, 0.4) is 0 Å². The van der Waals surface area contributed by atoms with Crippen molar-refractivity contribution in [1.29, 1.82) is 0 Å². The van der Waals surface area contributed by atoms with Crippen LogP contribution in [-0.2, 0) is 4.79 Å². The summed E-state index contributed by atoms with van der Waals surface area (Å²) in [4.78, 5) is 13.0. The van der Waals surface area contributed by atoms with E-state index in [1.165, 1.54) is 5.75 Å². The van der Waals surface area contributed by atoms with Crippen LogP contribution in [0.25, 0.3) is 0 Å². The molecule has 0 saturated carbocycles. The molecule has 2 unspecified atom stereocenters. The summed E-state index contributed by atoms with van der Waals surface area (Å²) < 4.78 is 0. The van der Waals surface area contributed by atoms with E-state index in [9.17, 15) is 4.79 Å². The minimum atomic E-state index is -0.196. The highest BCUT2D eigenvalue weighted by atomic mass is 32.2. The number of thioether (sulfide) groups is 1. The molecule has 0 aromatic heterocycles. The minimum Gasteiger partial charge on any atom is -0.370 e. The summed E-state index contributed by atoms with van der Waals surface area (Å²) in [6, 6.07) is 0.568. The molecule has 0 aliphatic carbocycles. The number of amides is 1. The lowest BCUT2D eigenvalue weighted by atomic mass is 10.2. The minimum absolute atomic E-state index is 0.196. The number of hydrogen-bond donors (Lipinski definition) is 1. The molecule has 1 aliphatic rings. The Labute approximate surface area is 84.0 Å². The van der Waals surface area contributed by atoms with Crippen molar-refractivity contribution in [3.63, 3.8) is 0 Å². The summed E-state index contributed by atoms with van der Waals surface area (Å²) in [5, 5.41) is 0.668. The van der Waals surface area contributed by atoms with Crippen molar-refractivity contribution in [2.45, 2.75) is 31.6 Å². The molecule has 13 heavy (non-hydrogen) atoms. The Morgan fingerprint density at radius 1 is 1.62 bits per heavy atom. The van der Waals surface area contributed by atoms with E-state index in [1.54, 1.807) is 0 Å². The Morgan fingerprint density at radius 2 is 2.31 bits per heavy atom. The fourth-order valence-corrected chi connectivity index (χ4v) is 2.73. The van der Waals surface area contributed by atoms with Gasteiger partial charge in [0.25, 0.3) is 0 Å². The van der Waals surface area contributed by atoms with Crippen LogP contribution in [0, 0.1) is 0 Å². The molecule has 76 valence electrons. The van der Waals surface area contributed by atoms with Crippen LogP contribution in [0.1, 0.15) is 20.3 Å². The van der Waals surface area contributed by atoms with Crippen LogP contribution < -0.4 is 5.73 Å². The molecule has 1 fully saturated rings. The van der Waals surface area contributed by atoms with E-state index >= 15 is 0 Å². The van der Waals surface area contributed by atoms with Gasteiger partial charge in [0, 0.05) is 36.6 Å². The molecule has 1 heterocycles. The molecule has 4 heteroatoms.